The Bertz CT molecular complexity index is 601. The largest absolute Gasteiger partial charge is 0.397 e. The minimum absolute atomic E-state index is 0.0353. The SMILES string of the molecule is Nc1cc(Cl)ccc1NC(=O)c1ccccc1F. The summed E-state index contributed by atoms with van der Waals surface area (Å²) in [6.07, 6.45) is 0. The van der Waals surface area contributed by atoms with Crippen LogP contribution in [-0.4, -0.2) is 5.91 Å². The van der Waals surface area contributed by atoms with E-state index in [1.807, 2.05) is 0 Å². The molecule has 2 aromatic carbocycles. The van der Waals surface area contributed by atoms with E-state index >= 15 is 0 Å². The van der Waals surface area contributed by atoms with Crippen LogP contribution >= 0.6 is 11.6 Å². The van der Waals surface area contributed by atoms with Crippen molar-refractivity contribution in [2.75, 3.05) is 11.1 Å². The highest BCUT2D eigenvalue weighted by Crippen LogP contribution is 2.23. The van der Waals surface area contributed by atoms with Crippen LogP contribution in [0, 0.1) is 5.82 Å². The van der Waals surface area contributed by atoms with Crippen LogP contribution in [0.3, 0.4) is 0 Å². The molecule has 0 aliphatic heterocycles. The number of nitrogens with one attached hydrogen (secondary N) is 1. The third-order valence-electron chi connectivity index (χ3n) is 2.38. The van der Waals surface area contributed by atoms with Crippen LogP contribution in [-0.2, 0) is 0 Å². The highest BCUT2D eigenvalue weighted by Gasteiger charge is 2.12. The molecule has 0 spiro atoms. The van der Waals surface area contributed by atoms with E-state index in [1.54, 1.807) is 18.2 Å². The van der Waals surface area contributed by atoms with Crippen LogP contribution in [0.1, 0.15) is 10.4 Å². The number of amides is 1. The Morgan fingerprint density at radius 2 is 1.94 bits per heavy atom. The first-order chi connectivity index (χ1) is 8.58. The Hall–Kier alpha value is -2.07. The molecule has 0 aliphatic carbocycles. The number of anilines is 2. The van der Waals surface area contributed by atoms with Gasteiger partial charge in [0.25, 0.3) is 5.91 Å². The van der Waals surface area contributed by atoms with Crippen LogP contribution < -0.4 is 11.1 Å². The predicted molar refractivity (Wildman–Crippen MR) is 70.2 cm³/mol. The summed E-state index contributed by atoms with van der Waals surface area (Å²) in [5.41, 5.74) is 6.38. The zero-order valence-electron chi connectivity index (χ0n) is 9.28. The maximum absolute atomic E-state index is 13.4. The van der Waals surface area contributed by atoms with Gasteiger partial charge in [0.1, 0.15) is 5.82 Å². The monoisotopic (exact) mass is 264 g/mol. The molecule has 3 nitrogen and oxygen atoms in total. The molecule has 0 radical (unpaired) electrons. The molecule has 0 unspecified atom stereocenters. The average molecular weight is 265 g/mol. The topological polar surface area (TPSA) is 55.1 Å². The molecule has 0 heterocycles. The molecule has 0 atom stereocenters. The zero-order chi connectivity index (χ0) is 13.1. The lowest BCUT2D eigenvalue weighted by atomic mass is 10.2. The van der Waals surface area contributed by atoms with Gasteiger partial charge in [0.15, 0.2) is 0 Å². The van der Waals surface area contributed by atoms with Crippen molar-refractivity contribution < 1.29 is 9.18 Å². The van der Waals surface area contributed by atoms with E-state index in [9.17, 15) is 9.18 Å². The van der Waals surface area contributed by atoms with Gasteiger partial charge in [-0.25, -0.2) is 4.39 Å². The summed E-state index contributed by atoms with van der Waals surface area (Å²) in [6, 6.07) is 10.4. The third kappa shape index (κ3) is 2.60. The highest BCUT2D eigenvalue weighted by molar-refractivity contribution is 6.31. The quantitative estimate of drug-likeness (QED) is 0.818. The number of hydrogen-bond donors (Lipinski definition) is 2. The van der Waals surface area contributed by atoms with Gasteiger partial charge in [-0.2, -0.15) is 0 Å². The summed E-state index contributed by atoms with van der Waals surface area (Å²) >= 11 is 5.74. The maximum atomic E-state index is 13.4. The van der Waals surface area contributed by atoms with Crippen molar-refractivity contribution in [1.82, 2.24) is 0 Å². The number of carbonyl (C=O) groups is 1. The van der Waals surface area contributed by atoms with Crippen LogP contribution in [0.2, 0.25) is 5.02 Å². The molecule has 1 amide bonds. The number of nitrogens with two attached hydrogens (primary N) is 1. The van der Waals surface area contributed by atoms with Crippen molar-refractivity contribution in [1.29, 1.82) is 0 Å². The minimum atomic E-state index is -0.581. The van der Waals surface area contributed by atoms with Crippen LogP contribution in [0.25, 0.3) is 0 Å². The molecule has 0 fully saturated rings. The number of hydrogen-bond acceptors (Lipinski definition) is 2. The van der Waals surface area contributed by atoms with Crippen LogP contribution in [0.15, 0.2) is 42.5 Å². The van der Waals surface area contributed by atoms with E-state index in [2.05, 4.69) is 5.32 Å². The predicted octanol–water partition coefficient (Wildman–Crippen LogP) is 3.31. The second-order valence-electron chi connectivity index (χ2n) is 3.67. The first kappa shape index (κ1) is 12.4. The summed E-state index contributed by atoms with van der Waals surface area (Å²) < 4.78 is 13.4. The molecule has 92 valence electrons. The van der Waals surface area contributed by atoms with Crippen LogP contribution in [0.4, 0.5) is 15.8 Å². The molecule has 2 aromatic rings. The summed E-state index contributed by atoms with van der Waals surface area (Å²) in [4.78, 5) is 11.8. The van der Waals surface area contributed by atoms with E-state index in [-0.39, 0.29) is 5.56 Å². The molecule has 5 heteroatoms. The molecule has 2 rings (SSSR count). The van der Waals surface area contributed by atoms with E-state index in [4.69, 9.17) is 17.3 Å². The van der Waals surface area contributed by atoms with E-state index in [1.165, 1.54) is 24.3 Å². The van der Waals surface area contributed by atoms with Gasteiger partial charge in [0.05, 0.1) is 16.9 Å². The summed E-state index contributed by atoms with van der Waals surface area (Å²) in [5, 5.41) is 3.00. The molecular formula is C13H10ClFN2O. The van der Waals surface area contributed by atoms with Gasteiger partial charge < -0.3 is 11.1 Å². The first-order valence-corrected chi connectivity index (χ1v) is 5.56. The number of rotatable bonds is 2. The number of benzene rings is 2. The molecule has 0 aromatic heterocycles. The van der Waals surface area contributed by atoms with E-state index in [0.717, 1.165) is 0 Å². The van der Waals surface area contributed by atoms with Gasteiger partial charge in [-0.05, 0) is 30.3 Å². The number of carbonyl (C=O) groups excluding carboxylic acids is 1. The fraction of sp³-hybridized carbons (Fsp3) is 0. The second-order valence-corrected chi connectivity index (χ2v) is 4.10. The van der Waals surface area contributed by atoms with Gasteiger partial charge in [-0.1, -0.05) is 23.7 Å². The van der Waals surface area contributed by atoms with Crippen molar-refractivity contribution in [3.63, 3.8) is 0 Å². The van der Waals surface area contributed by atoms with Crippen LogP contribution in [0.5, 0.6) is 0 Å². The Kier molecular flexibility index (Phi) is 3.48. The molecular weight excluding hydrogens is 255 g/mol. The van der Waals surface area contributed by atoms with Gasteiger partial charge in [-0.3, -0.25) is 4.79 Å². The van der Waals surface area contributed by atoms with Crippen molar-refractivity contribution in [3.05, 3.63) is 58.9 Å². The van der Waals surface area contributed by atoms with Crippen molar-refractivity contribution >= 4 is 28.9 Å². The first-order valence-electron chi connectivity index (χ1n) is 5.19. The second kappa shape index (κ2) is 5.06. The fourth-order valence-electron chi connectivity index (χ4n) is 1.48. The van der Waals surface area contributed by atoms with Gasteiger partial charge in [0.2, 0.25) is 0 Å². The normalized spacial score (nSPS) is 10.1. The molecule has 0 saturated carbocycles. The summed E-state index contributed by atoms with van der Waals surface area (Å²) in [6.45, 7) is 0. The lowest BCUT2D eigenvalue weighted by Crippen LogP contribution is -2.14. The Balaban J connectivity index is 2.24. The number of halogens is 2. The van der Waals surface area contributed by atoms with Gasteiger partial charge in [0, 0.05) is 5.02 Å². The van der Waals surface area contributed by atoms with Crippen molar-refractivity contribution in [3.8, 4) is 0 Å². The Labute approximate surface area is 108 Å². The summed E-state index contributed by atoms with van der Waals surface area (Å²) in [5.74, 6) is -1.13. The lowest BCUT2D eigenvalue weighted by Gasteiger charge is -2.08. The van der Waals surface area contributed by atoms with Crippen molar-refractivity contribution in [2.45, 2.75) is 0 Å². The molecule has 18 heavy (non-hydrogen) atoms. The Morgan fingerprint density at radius 1 is 1.22 bits per heavy atom. The average Bonchev–Trinajstić information content (AvgIpc) is 2.33. The highest BCUT2D eigenvalue weighted by atomic mass is 35.5. The standard InChI is InChI=1S/C13H10ClFN2O/c14-8-5-6-12(11(16)7-8)17-13(18)9-3-1-2-4-10(9)15/h1-7H,16H2,(H,17,18). The maximum Gasteiger partial charge on any atom is 0.258 e. The van der Waals surface area contributed by atoms with E-state index in [0.29, 0.717) is 16.4 Å². The number of nitrogen functional groups attached to an aromatic ring is 1. The lowest BCUT2D eigenvalue weighted by molar-refractivity contribution is 0.102. The van der Waals surface area contributed by atoms with E-state index < -0.39 is 11.7 Å². The molecule has 0 bridgehead atoms. The molecule has 3 N–H and O–H groups in total. The van der Waals surface area contributed by atoms with Crippen molar-refractivity contribution in [2.24, 2.45) is 0 Å². The zero-order valence-corrected chi connectivity index (χ0v) is 10.0. The smallest absolute Gasteiger partial charge is 0.258 e. The Morgan fingerprint density at radius 3 is 2.61 bits per heavy atom. The molecule has 0 aliphatic rings. The third-order valence-corrected chi connectivity index (χ3v) is 2.62. The summed E-state index contributed by atoms with van der Waals surface area (Å²) in [7, 11) is 0. The van der Waals surface area contributed by atoms with Gasteiger partial charge >= 0.3 is 0 Å². The van der Waals surface area contributed by atoms with Gasteiger partial charge in [-0.15, -0.1) is 0 Å². The molecule has 0 saturated heterocycles. The minimum Gasteiger partial charge on any atom is -0.397 e. The fourth-order valence-corrected chi connectivity index (χ4v) is 1.66.